The van der Waals surface area contributed by atoms with E-state index in [1.807, 2.05) is 18.7 Å². The van der Waals surface area contributed by atoms with Gasteiger partial charge < -0.3 is 10.4 Å². The molecule has 19 heavy (non-hydrogen) atoms. The summed E-state index contributed by atoms with van der Waals surface area (Å²) in [6, 6.07) is 4.81. The highest BCUT2D eigenvalue weighted by Gasteiger charge is 2.26. The third-order valence-corrected chi connectivity index (χ3v) is 5.09. The van der Waals surface area contributed by atoms with Gasteiger partial charge in [-0.2, -0.15) is 11.8 Å². The molecule has 1 aromatic carbocycles. The third kappa shape index (κ3) is 3.63. The zero-order valence-corrected chi connectivity index (χ0v) is 12.3. The topological polar surface area (TPSA) is 32.3 Å². The normalized spacial score (nSPS) is 25.2. The van der Waals surface area contributed by atoms with Crippen molar-refractivity contribution in [2.75, 3.05) is 6.26 Å². The molecule has 3 unspecified atom stereocenters. The summed E-state index contributed by atoms with van der Waals surface area (Å²) in [6.45, 7) is 1.99. The molecule has 2 nitrogen and oxygen atoms in total. The molecule has 0 heterocycles. The van der Waals surface area contributed by atoms with Crippen molar-refractivity contribution in [3.05, 3.63) is 29.6 Å². The van der Waals surface area contributed by atoms with Crippen LogP contribution in [0, 0.1) is 5.82 Å². The summed E-state index contributed by atoms with van der Waals surface area (Å²) in [5.41, 5.74) is 0.628. The summed E-state index contributed by atoms with van der Waals surface area (Å²) in [7, 11) is 0. The summed E-state index contributed by atoms with van der Waals surface area (Å²) >= 11 is 1.90. The van der Waals surface area contributed by atoms with Crippen molar-refractivity contribution >= 4 is 11.8 Å². The maximum absolute atomic E-state index is 13.8. The lowest BCUT2D eigenvalue weighted by atomic mass is 9.93. The van der Waals surface area contributed by atoms with Gasteiger partial charge in [-0.3, -0.25) is 0 Å². The number of phenolic OH excluding ortho intramolecular Hbond substituents is 1. The highest BCUT2D eigenvalue weighted by molar-refractivity contribution is 7.99. The van der Waals surface area contributed by atoms with E-state index in [1.54, 1.807) is 12.1 Å². The summed E-state index contributed by atoms with van der Waals surface area (Å²) in [5.74, 6) is -0.357. The van der Waals surface area contributed by atoms with Crippen LogP contribution in [0.5, 0.6) is 5.75 Å². The Morgan fingerprint density at radius 2 is 2.11 bits per heavy atom. The zero-order valence-electron chi connectivity index (χ0n) is 11.5. The highest BCUT2D eigenvalue weighted by Crippen LogP contribution is 2.29. The van der Waals surface area contributed by atoms with Crippen LogP contribution in [0.3, 0.4) is 0 Å². The number of phenols is 1. The van der Waals surface area contributed by atoms with Crippen LogP contribution in [-0.4, -0.2) is 22.7 Å². The lowest BCUT2D eigenvalue weighted by Crippen LogP contribution is -2.41. The van der Waals surface area contributed by atoms with Gasteiger partial charge >= 0.3 is 0 Å². The van der Waals surface area contributed by atoms with Crippen LogP contribution in [0.4, 0.5) is 4.39 Å². The van der Waals surface area contributed by atoms with Gasteiger partial charge in [-0.1, -0.05) is 18.9 Å². The van der Waals surface area contributed by atoms with Gasteiger partial charge in [0.2, 0.25) is 0 Å². The van der Waals surface area contributed by atoms with E-state index >= 15 is 0 Å². The standard InChI is InChI=1S/C15H22FNOS/c1-10(12-8-7-11(18)9-13(12)16)17-14-5-3-4-6-15(14)19-2/h7-10,14-15,17-18H,3-6H2,1-2H3. The predicted molar refractivity (Wildman–Crippen MR) is 79.2 cm³/mol. The lowest BCUT2D eigenvalue weighted by molar-refractivity contribution is 0.352. The Morgan fingerprint density at radius 3 is 2.79 bits per heavy atom. The second-order valence-corrected chi connectivity index (χ2v) is 6.34. The van der Waals surface area contributed by atoms with Gasteiger partial charge in [-0.25, -0.2) is 4.39 Å². The van der Waals surface area contributed by atoms with E-state index in [9.17, 15) is 9.50 Å². The number of benzene rings is 1. The van der Waals surface area contributed by atoms with Gasteiger partial charge in [-0.15, -0.1) is 0 Å². The summed E-state index contributed by atoms with van der Waals surface area (Å²) in [6.07, 6.45) is 7.10. The first-order chi connectivity index (χ1) is 9.11. The lowest BCUT2D eigenvalue weighted by Gasteiger charge is -2.33. The Kier molecular flexibility index (Phi) is 5.11. The van der Waals surface area contributed by atoms with E-state index in [2.05, 4.69) is 11.6 Å². The predicted octanol–water partition coefficient (Wildman–Crippen LogP) is 3.86. The molecular formula is C15H22FNOS. The molecule has 0 amide bonds. The second kappa shape index (κ2) is 6.62. The van der Waals surface area contributed by atoms with Crippen molar-refractivity contribution < 1.29 is 9.50 Å². The monoisotopic (exact) mass is 283 g/mol. The van der Waals surface area contributed by atoms with E-state index < -0.39 is 0 Å². The molecule has 4 heteroatoms. The Morgan fingerprint density at radius 1 is 1.37 bits per heavy atom. The molecular weight excluding hydrogens is 261 g/mol. The maximum Gasteiger partial charge on any atom is 0.131 e. The van der Waals surface area contributed by atoms with E-state index in [1.165, 1.54) is 25.3 Å². The third-order valence-electron chi connectivity index (χ3n) is 3.92. The van der Waals surface area contributed by atoms with Gasteiger partial charge in [0.15, 0.2) is 0 Å². The van der Waals surface area contributed by atoms with Crippen molar-refractivity contribution in [1.82, 2.24) is 5.32 Å². The first-order valence-corrected chi connectivity index (χ1v) is 8.18. The van der Waals surface area contributed by atoms with E-state index in [4.69, 9.17) is 0 Å². The molecule has 1 fully saturated rings. The Labute approximate surface area is 118 Å². The van der Waals surface area contributed by atoms with Crippen molar-refractivity contribution in [1.29, 1.82) is 0 Å². The van der Waals surface area contributed by atoms with Gasteiger partial charge in [0, 0.05) is 29.0 Å². The van der Waals surface area contributed by atoms with Crippen LogP contribution >= 0.6 is 11.8 Å². The van der Waals surface area contributed by atoms with Crippen LogP contribution in [-0.2, 0) is 0 Å². The van der Waals surface area contributed by atoms with Crippen LogP contribution < -0.4 is 5.32 Å². The number of rotatable bonds is 4. The Hall–Kier alpha value is -0.740. The molecule has 1 saturated carbocycles. The molecule has 0 aromatic heterocycles. The van der Waals surface area contributed by atoms with Crippen molar-refractivity contribution in [3.8, 4) is 5.75 Å². The Bertz CT molecular complexity index is 427. The Balaban J connectivity index is 2.05. The fraction of sp³-hybridized carbons (Fsp3) is 0.600. The minimum Gasteiger partial charge on any atom is -0.508 e. The number of hydrogen-bond acceptors (Lipinski definition) is 3. The number of nitrogens with one attached hydrogen (secondary N) is 1. The molecule has 0 radical (unpaired) electrons. The van der Waals surface area contributed by atoms with Gasteiger partial charge in [0.1, 0.15) is 11.6 Å². The molecule has 2 N–H and O–H groups in total. The second-order valence-electron chi connectivity index (χ2n) is 5.26. The van der Waals surface area contributed by atoms with Crippen molar-refractivity contribution in [2.24, 2.45) is 0 Å². The van der Waals surface area contributed by atoms with Crippen LogP contribution in [0.2, 0.25) is 0 Å². The molecule has 0 saturated heterocycles. The van der Waals surface area contributed by atoms with Crippen LogP contribution in [0.15, 0.2) is 18.2 Å². The molecule has 1 aliphatic carbocycles. The number of aromatic hydroxyl groups is 1. The fourth-order valence-electron chi connectivity index (χ4n) is 2.85. The average molecular weight is 283 g/mol. The molecule has 1 aliphatic rings. The molecule has 0 aliphatic heterocycles. The average Bonchev–Trinajstić information content (AvgIpc) is 2.39. The smallest absolute Gasteiger partial charge is 0.131 e. The van der Waals surface area contributed by atoms with Crippen LogP contribution in [0.1, 0.15) is 44.2 Å². The molecule has 1 aromatic rings. The summed E-state index contributed by atoms with van der Waals surface area (Å²) in [4.78, 5) is 0. The van der Waals surface area contributed by atoms with Crippen LogP contribution in [0.25, 0.3) is 0 Å². The largest absolute Gasteiger partial charge is 0.508 e. The first-order valence-electron chi connectivity index (χ1n) is 6.89. The SMILES string of the molecule is CSC1CCCCC1NC(C)c1ccc(O)cc1F. The number of hydrogen-bond donors (Lipinski definition) is 2. The highest BCUT2D eigenvalue weighted by atomic mass is 32.2. The summed E-state index contributed by atoms with van der Waals surface area (Å²) < 4.78 is 13.8. The molecule has 3 atom stereocenters. The van der Waals surface area contributed by atoms with Gasteiger partial charge in [0.25, 0.3) is 0 Å². The van der Waals surface area contributed by atoms with Gasteiger partial charge in [0.05, 0.1) is 0 Å². The van der Waals surface area contributed by atoms with E-state index in [-0.39, 0.29) is 17.6 Å². The maximum atomic E-state index is 13.8. The minimum atomic E-state index is -0.337. The molecule has 0 spiro atoms. The minimum absolute atomic E-state index is 0.0203. The zero-order chi connectivity index (χ0) is 13.8. The molecule has 106 valence electrons. The van der Waals surface area contributed by atoms with Crippen molar-refractivity contribution in [2.45, 2.75) is 49.9 Å². The molecule has 2 rings (SSSR count). The number of thioether (sulfide) groups is 1. The molecule has 0 bridgehead atoms. The van der Waals surface area contributed by atoms with Crippen molar-refractivity contribution in [3.63, 3.8) is 0 Å². The summed E-state index contributed by atoms with van der Waals surface area (Å²) in [5, 5.41) is 13.4. The fourth-order valence-corrected chi connectivity index (χ4v) is 3.79. The van der Waals surface area contributed by atoms with E-state index in [0.717, 1.165) is 6.42 Å². The van der Waals surface area contributed by atoms with E-state index in [0.29, 0.717) is 16.9 Å². The number of halogens is 1. The van der Waals surface area contributed by atoms with Gasteiger partial charge in [-0.05, 0) is 32.1 Å². The first kappa shape index (κ1) is 14.7. The quantitative estimate of drug-likeness (QED) is 0.880.